The molecule has 0 bridgehead atoms. The van der Waals surface area contributed by atoms with E-state index in [9.17, 15) is 9.90 Å². The molecule has 0 spiro atoms. The van der Waals surface area contributed by atoms with E-state index in [2.05, 4.69) is 44.9 Å². The molecule has 160 valence electrons. The van der Waals surface area contributed by atoms with Crippen molar-refractivity contribution in [2.75, 3.05) is 6.54 Å². The van der Waals surface area contributed by atoms with Gasteiger partial charge in [0.05, 0.1) is 23.9 Å². The molecule has 0 unspecified atom stereocenters. The SMILES string of the molecule is CC(C)(O)CNCc1ccc(Cn2cc(CC(=O)c3n[nH]c4ccccc34)cn2)cc1. The van der Waals surface area contributed by atoms with E-state index in [0.29, 0.717) is 25.3 Å². The predicted octanol–water partition coefficient (Wildman–Crippen LogP) is 3.09. The summed E-state index contributed by atoms with van der Waals surface area (Å²) in [6.07, 6.45) is 3.91. The molecule has 7 heteroatoms. The Hall–Kier alpha value is -3.29. The third-order valence-electron chi connectivity index (χ3n) is 5.04. The second kappa shape index (κ2) is 8.83. The number of carbonyl (C=O) groups excluding carboxylic acids is 1. The lowest BCUT2D eigenvalue weighted by atomic mass is 10.1. The van der Waals surface area contributed by atoms with Gasteiger partial charge in [-0.25, -0.2) is 0 Å². The number of nitrogens with zero attached hydrogens (tertiary/aromatic N) is 3. The zero-order valence-electron chi connectivity index (χ0n) is 17.8. The van der Waals surface area contributed by atoms with Crippen LogP contribution in [0.5, 0.6) is 0 Å². The molecule has 0 aliphatic rings. The molecule has 0 amide bonds. The van der Waals surface area contributed by atoms with Gasteiger partial charge < -0.3 is 10.4 Å². The van der Waals surface area contributed by atoms with Crippen molar-refractivity contribution in [3.8, 4) is 0 Å². The summed E-state index contributed by atoms with van der Waals surface area (Å²) >= 11 is 0. The van der Waals surface area contributed by atoms with E-state index in [1.165, 1.54) is 0 Å². The monoisotopic (exact) mass is 417 g/mol. The van der Waals surface area contributed by atoms with Gasteiger partial charge >= 0.3 is 0 Å². The molecule has 3 N–H and O–H groups in total. The first-order valence-corrected chi connectivity index (χ1v) is 10.4. The minimum absolute atomic E-state index is 0.0279. The van der Waals surface area contributed by atoms with Gasteiger partial charge in [-0.15, -0.1) is 0 Å². The van der Waals surface area contributed by atoms with Crippen LogP contribution in [0.3, 0.4) is 0 Å². The summed E-state index contributed by atoms with van der Waals surface area (Å²) < 4.78 is 1.84. The molecule has 7 nitrogen and oxygen atoms in total. The van der Waals surface area contributed by atoms with Crippen LogP contribution in [-0.2, 0) is 19.5 Å². The van der Waals surface area contributed by atoms with Gasteiger partial charge in [0.15, 0.2) is 5.78 Å². The molecule has 2 aromatic carbocycles. The Balaban J connectivity index is 1.34. The van der Waals surface area contributed by atoms with Crippen molar-refractivity contribution in [1.82, 2.24) is 25.3 Å². The number of benzene rings is 2. The first kappa shape index (κ1) is 21.0. The molecule has 0 saturated carbocycles. The number of carbonyl (C=O) groups is 1. The molecule has 0 fully saturated rings. The van der Waals surface area contributed by atoms with Crippen LogP contribution in [0.15, 0.2) is 60.9 Å². The number of aliphatic hydroxyl groups is 1. The summed E-state index contributed by atoms with van der Waals surface area (Å²) in [7, 11) is 0. The normalized spacial score (nSPS) is 11.8. The summed E-state index contributed by atoms with van der Waals surface area (Å²) in [5.74, 6) is -0.0279. The molecular formula is C24H27N5O2. The van der Waals surface area contributed by atoms with E-state index in [-0.39, 0.29) is 12.2 Å². The van der Waals surface area contributed by atoms with Gasteiger partial charge in [-0.1, -0.05) is 42.5 Å². The van der Waals surface area contributed by atoms with Crippen LogP contribution in [0, 0.1) is 0 Å². The van der Waals surface area contributed by atoms with Crippen LogP contribution in [0.2, 0.25) is 0 Å². The third-order valence-corrected chi connectivity index (χ3v) is 5.04. The number of hydrogen-bond acceptors (Lipinski definition) is 5. The van der Waals surface area contributed by atoms with Crippen molar-refractivity contribution in [1.29, 1.82) is 0 Å². The van der Waals surface area contributed by atoms with Crippen LogP contribution in [-0.4, -0.2) is 43.0 Å². The number of para-hydroxylation sites is 1. The molecule has 0 radical (unpaired) electrons. The van der Waals surface area contributed by atoms with E-state index in [1.807, 2.05) is 35.1 Å². The number of ketones is 1. The van der Waals surface area contributed by atoms with Gasteiger partial charge in [0, 0.05) is 31.1 Å². The van der Waals surface area contributed by atoms with E-state index in [4.69, 9.17) is 0 Å². The van der Waals surface area contributed by atoms with Crippen LogP contribution in [0.1, 0.15) is 41.0 Å². The lowest BCUT2D eigenvalue weighted by Gasteiger charge is -2.17. The standard InChI is InChI=1S/C24H27N5O2/c1-24(2,31)16-25-12-17-7-9-18(10-8-17)14-29-15-19(13-26-29)11-22(30)23-20-5-3-4-6-21(20)27-28-23/h3-10,13,15,25,31H,11-12,14,16H2,1-2H3,(H,27,28). The Morgan fingerprint density at radius 2 is 1.84 bits per heavy atom. The Kier molecular flexibility index (Phi) is 5.97. The summed E-state index contributed by atoms with van der Waals surface area (Å²) in [6, 6.07) is 15.9. The fourth-order valence-electron chi connectivity index (χ4n) is 3.49. The number of aromatic nitrogens is 4. The van der Waals surface area contributed by atoms with Crippen molar-refractivity contribution < 1.29 is 9.90 Å². The minimum Gasteiger partial charge on any atom is -0.389 e. The summed E-state index contributed by atoms with van der Waals surface area (Å²) in [4.78, 5) is 12.7. The molecule has 0 aliphatic carbocycles. The average molecular weight is 418 g/mol. The van der Waals surface area contributed by atoms with Crippen molar-refractivity contribution in [3.63, 3.8) is 0 Å². The van der Waals surface area contributed by atoms with Gasteiger partial charge in [0.25, 0.3) is 0 Å². The van der Waals surface area contributed by atoms with E-state index in [0.717, 1.165) is 27.6 Å². The number of aromatic amines is 1. The number of hydrogen-bond donors (Lipinski definition) is 3. The molecule has 0 saturated heterocycles. The molecule has 4 rings (SSSR count). The van der Waals surface area contributed by atoms with Crippen molar-refractivity contribution in [2.45, 2.75) is 39.0 Å². The zero-order chi connectivity index (χ0) is 21.8. The number of H-pyrrole nitrogens is 1. The smallest absolute Gasteiger partial charge is 0.188 e. The summed E-state index contributed by atoms with van der Waals surface area (Å²) in [5, 5.41) is 25.4. The Morgan fingerprint density at radius 1 is 1.10 bits per heavy atom. The Bertz CT molecular complexity index is 1170. The highest BCUT2D eigenvalue weighted by Gasteiger charge is 2.15. The third kappa shape index (κ3) is 5.45. The highest BCUT2D eigenvalue weighted by atomic mass is 16.3. The van der Waals surface area contributed by atoms with E-state index >= 15 is 0 Å². The van der Waals surface area contributed by atoms with Gasteiger partial charge in [-0.3, -0.25) is 14.6 Å². The van der Waals surface area contributed by atoms with Crippen molar-refractivity contribution in [2.24, 2.45) is 0 Å². The second-order valence-electron chi connectivity index (χ2n) is 8.50. The highest BCUT2D eigenvalue weighted by molar-refractivity contribution is 6.06. The summed E-state index contributed by atoms with van der Waals surface area (Å²) in [5.41, 5.74) is 3.77. The van der Waals surface area contributed by atoms with Gasteiger partial charge in [-0.2, -0.15) is 10.2 Å². The Labute approximate surface area is 181 Å². The maximum atomic E-state index is 12.7. The molecule has 0 atom stereocenters. The lowest BCUT2D eigenvalue weighted by Crippen LogP contribution is -2.34. The first-order valence-electron chi connectivity index (χ1n) is 10.4. The van der Waals surface area contributed by atoms with E-state index in [1.54, 1.807) is 20.0 Å². The maximum absolute atomic E-state index is 12.7. The van der Waals surface area contributed by atoms with Crippen LogP contribution < -0.4 is 5.32 Å². The van der Waals surface area contributed by atoms with Crippen LogP contribution in [0.25, 0.3) is 10.9 Å². The quantitative estimate of drug-likeness (QED) is 0.364. The number of fused-ring (bicyclic) bond motifs is 1. The van der Waals surface area contributed by atoms with E-state index < -0.39 is 5.60 Å². The van der Waals surface area contributed by atoms with Crippen LogP contribution >= 0.6 is 0 Å². The van der Waals surface area contributed by atoms with Crippen molar-refractivity contribution in [3.05, 3.63) is 83.3 Å². The average Bonchev–Trinajstić information content (AvgIpc) is 3.35. The van der Waals surface area contributed by atoms with Gasteiger partial charge in [-0.05, 0) is 36.6 Å². The fourth-order valence-corrected chi connectivity index (χ4v) is 3.49. The maximum Gasteiger partial charge on any atom is 0.188 e. The number of Topliss-reactive ketones (excluding diaryl/α,β-unsaturated/α-hetero) is 1. The second-order valence-corrected chi connectivity index (χ2v) is 8.50. The minimum atomic E-state index is -0.719. The van der Waals surface area contributed by atoms with Gasteiger partial charge in [0.2, 0.25) is 0 Å². The molecule has 0 aliphatic heterocycles. The first-order chi connectivity index (χ1) is 14.9. The molecule has 2 heterocycles. The molecule has 2 aromatic heterocycles. The number of rotatable bonds is 9. The van der Waals surface area contributed by atoms with Crippen LogP contribution in [0.4, 0.5) is 0 Å². The van der Waals surface area contributed by atoms with Crippen molar-refractivity contribution >= 4 is 16.7 Å². The fraction of sp³-hybridized carbons (Fsp3) is 0.292. The Morgan fingerprint density at radius 3 is 2.61 bits per heavy atom. The zero-order valence-corrected chi connectivity index (χ0v) is 17.8. The molecule has 4 aromatic rings. The predicted molar refractivity (Wildman–Crippen MR) is 120 cm³/mol. The van der Waals surface area contributed by atoms with Gasteiger partial charge in [0.1, 0.15) is 5.69 Å². The summed E-state index contributed by atoms with van der Waals surface area (Å²) in [6.45, 7) is 5.45. The molecular weight excluding hydrogens is 390 g/mol. The largest absolute Gasteiger partial charge is 0.389 e. The number of nitrogens with one attached hydrogen (secondary N) is 2. The molecule has 31 heavy (non-hydrogen) atoms. The lowest BCUT2D eigenvalue weighted by molar-refractivity contribution is 0.0795. The highest BCUT2D eigenvalue weighted by Crippen LogP contribution is 2.17. The topological polar surface area (TPSA) is 95.8 Å².